The van der Waals surface area contributed by atoms with Crippen LogP contribution in [-0.2, 0) is 0 Å². The van der Waals surface area contributed by atoms with Gasteiger partial charge in [0.25, 0.3) is 0 Å². The summed E-state index contributed by atoms with van der Waals surface area (Å²) in [4.78, 5) is 2.72. The molecule has 0 spiro atoms. The van der Waals surface area contributed by atoms with Crippen molar-refractivity contribution in [3.8, 4) is 0 Å². The van der Waals surface area contributed by atoms with Crippen LogP contribution in [0.5, 0.6) is 0 Å². The van der Waals surface area contributed by atoms with Crippen LogP contribution in [0.15, 0.2) is 0 Å². The van der Waals surface area contributed by atoms with Gasteiger partial charge in [-0.3, -0.25) is 4.90 Å². The molecule has 0 aromatic carbocycles. The van der Waals surface area contributed by atoms with Gasteiger partial charge >= 0.3 is 0 Å². The summed E-state index contributed by atoms with van der Waals surface area (Å²) in [5, 5.41) is 3.53. The molecule has 96 valence electrons. The van der Waals surface area contributed by atoms with Gasteiger partial charge in [0, 0.05) is 12.1 Å². The molecule has 1 heterocycles. The molecule has 2 unspecified atom stereocenters. The van der Waals surface area contributed by atoms with Gasteiger partial charge in [0.1, 0.15) is 0 Å². The Kier molecular flexibility index (Phi) is 6.37. The zero-order valence-corrected chi connectivity index (χ0v) is 11.6. The first kappa shape index (κ1) is 14.0. The van der Waals surface area contributed by atoms with E-state index in [-0.39, 0.29) is 0 Å². The SMILES string of the molecule is CCC1CCC(C)N1CCCNCC(C)C. The number of hydrogen-bond acceptors (Lipinski definition) is 2. The van der Waals surface area contributed by atoms with E-state index in [0.29, 0.717) is 0 Å². The van der Waals surface area contributed by atoms with Crippen molar-refractivity contribution in [2.75, 3.05) is 19.6 Å². The highest BCUT2D eigenvalue weighted by atomic mass is 15.2. The van der Waals surface area contributed by atoms with Gasteiger partial charge in [-0.15, -0.1) is 0 Å². The van der Waals surface area contributed by atoms with E-state index in [9.17, 15) is 0 Å². The van der Waals surface area contributed by atoms with Gasteiger partial charge in [0.2, 0.25) is 0 Å². The van der Waals surface area contributed by atoms with Crippen molar-refractivity contribution in [1.82, 2.24) is 10.2 Å². The molecule has 1 saturated heterocycles. The minimum atomic E-state index is 0.772. The van der Waals surface area contributed by atoms with Crippen LogP contribution in [0, 0.1) is 5.92 Å². The lowest BCUT2D eigenvalue weighted by Gasteiger charge is -2.27. The minimum Gasteiger partial charge on any atom is -0.316 e. The Morgan fingerprint density at radius 1 is 1.31 bits per heavy atom. The predicted molar refractivity (Wildman–Crippen MR) is 71.8 cm³/mol. The Labute approximate surface area is 102 Å². The molecule has 0 radical (unpaired) electrons. The average Bonchev–Trinajstić information content (AvgIpc) is 2.59. The van der Waals surface area contributed by atoms with Crippen LogP contribution in [0.1, 0.15) is 53.4 Å². The van der Waals surface area contributed by atoms with Crippen LogP contribution >= 0.6 is 0 Å². The van der Waals surface area contributed by atoms with Crippen LogP contribution in [0.3, 0.4) is 0 Å². The fourth-order valence-electron chi connectivity index (χ4n) is 2.74. The lowest BCUT2D eigenvalue weighted by atomic mass is 10.1. The number of nitrogens with one attached hydrogen (secondary N) is 1. The second-order valence-corrected chi connectivity index (χ2v) is 5.68. The maximum Gasteiger partial charge on any atom is 0.00960 e. The fraction of sp³-hybridized carbons (Fsp3) is 1.00. The number of rotatable bonds is 7. The molecule has 0 aliphatic carbocycles. The third-order valence-electron chi connectivity index (χ3n) is 3.75. The van der Waals surface area contributed by atoms with Crippen molar-refractivity contribution < 1.29 is 0 Å². The van der Waals surface area contributed by atoms with Crippen molar-refractivity contribution >= 4 is 0 Å². The summed E-state index contributed by atoms with van der Waals surface area (Å²) in [5.74, 6) is 0.772. The smallest absolute Gasteiger partial charge is 0.00960 e. The van der Waals surface area contributed by atoms with Crippen LogP contribution in [-0.4, -0.2) is 36.6 Å². The maximum absolute atomic E-state index is 3.53. The molecule has 0 aromatic heterocycles. The molecule has 0 amide bonds. The summed E-state index contributed by atoms with van der Waals surface area (Å²) in [6.07, 6.45) is 5.44. The Morgan fingerprint density at radius 2 is 2.06 bits per heavy atom. The first-order valence-corrected chi connectivity index (χ1v) is 7.11. The lowest BCUT2D eigenvalue weighted by molar-refractivity contribution is 0.195. The van der Waals surface area contributed by atoms with Gasteiger partial charge in [-0.2, -0.15) is 0 Å². The third kappa shape index (κ3) is 4.42. The molecule has 1 fully saturated rings. The van der Waals surface area contributed by atoms with E-state index < -0.39 is 0 Å². The second kappa shape index (κ2) is 7.29. The predicted octanol–water partition coefficient (Wildman–Crippen LogP) is 2.89. The first-order chi connectivity index (χ1) is 7.65. The monoisotopic (exact) mass is 226 g/mol. The quantitative estimate of drug-likeness (QED) is 0.672. The highest BCUT2D eigenvalue weighted by Gasteiger charge is 2.28. The van der Waals surface area contributed by atoms with Crippen molar-refractivity contribution in [3.05, 3.63) is 0 Å². The highest BCUT2D eigenvalue weighted by molar-refractivity contribution is 4.84. The topological polar surface area (TPSA) is 15.3 Å². The minimum absolute atomic E-state index is 0.772. The number of hydrogen-bond donors (Lipinski definition) is 1. The normalized spacial score (nSPS) is 26.8. The Morgan fingerprint density at radius 3 is 2.69 bits per heavy atom. The number of likely N-dealkylation sites (tertiary alicyclic amines) is 1. The van der Waals surface area contributed by atoms with Crippen molar-refractivity contribution in [2.24, 2.45) is 5.92 Å². The van der Waals surface area contributed by atoms with Crippen LogP contribution < -0.4 is 5.32 Å². The van der Waals surface area contributed by atoms with Gasteiger partial charge in [-0.25, -0.2) is 0 Å². The van der Waals surface area contributed by atoms with Gasteiger partial charge in [0.05, 0.1) is 0 Å². The van der Waals surface area contributed by atoms with Gasteiger partial charge < -0.3 is 5.32 Å². The van der Waals surface area contributed by atoms with Crippen molar-refractivity contribution in [2.45, 2.75) is 65.5 Å². The zero-order chi connectivity index (χ0) is 12.0. The fourth-order valence-corrected chi connectivity index (χ4v) is 2.74. The molecule has 1 aliphatic heterocycles. The largest absolute Gasteiger partial charge is 0.316 e. The van der Waals surface area contributed by atoms with E-state index in [1.807, 2.05) is 0 Å². The van der Waals surface area contributed by atoms with Gasteiger partial charge in [0.15, 0.2) is 0 Å². The summed E-state index contributed by atoms with van der Waals surface area (Å²) >= 11 is 0. The van der Waals surface area contributed by atoms with E-state index in [2.05, 4.69) is 37.9 Å². The summed E-state index contributed by atoms with van der Waals surface area (Å²) in [6, 6.07) is 1.68. The Hall–Kier alpha value is -0.0800. The summed E-state index contributed by atoms with van der Waals surface area (Å²) in [6.45, 7) is 12.9. The maximum atomic E-state index is 3.53. The molecule has 2 atom stereocenters. The zero-order valence-electron chi connectivity index (χ0n) is 11.6. The molecule has 1 N–H and O–H groups in total. The van der Waals surface area contributed by atoms with E-state index in [4.69, 9.17) is 0 Å². The molecule has 16 heavy (non-hydrogen) atoms. The average molecular weight is 226 g/mol. The van der Waals surface area contributed by atoms with E-state index in [0.717, 1.165) is 24.5 Å². The van der Waals surface area contributed by atoms with Crippen molar-refractivity contribution in [1.29, 1.82) is 0 Å². The van der Waals surface area contributed by atoms with Crippen LogP contribution in [0.2, 0.25) is 0 Å². The van der Waals surface area contributed by atoms with Crippen LogP contribution in [0.4, 0.5) is 0 Å². The molecule has 0 saturated carbocycles. The lowest BCUT2D eigenvalue weighted by Crippen LogP contribution is -2.36. The van der Waals surface area contributed by atoms with E-state index in [1.54, 1.807) is 0 Å². The molecule has 0 bridgehead atoms. The molecule has 2 heteroatoms. The van der Waals surface area contributed by atoms with Crippen LogP contribution in [0.25, 0.3) is 0 Å². The van der Waals surface area contributed by atoms with Crippen molar-refractivity contribution in [3.63, 3.8) is 0 Å². The molecule has 2 nitrogen and oxygen atoms in total. The Balaban J connectivity index is 2.11. The molecular weight excluding hydrogens is 196 g/mol. The molecular formula is C14H30N2. The highest BCUT2D eigenvalue weighted by Crippen LogP contribution is 2.25. The summed E-state index contributed by atoms with van der Waals surface area (Å²) in [5.41, 5.74) is 0. The van der Waals surface area contributed by atoms with E-state index in [1.165, 1.54) is 38.8 Å². The Bertz CT molecular complexity index is 180. The van der Waals surface area contributed by atoms with Gasteiger partial charge in [-0.05, 0) is 58.2 Å². The molecule has 1 rings (SSSR count). The van der Waals surface area contributed by atoms with E-state index >= 15 is 0 Å². The second-order valence-electron chi connectivity index (χ2n) is 5.68. The molecule has 1 aliphatic rings. The number of nitrogens with zero attached hydrogens (tertiary/aromatic N) is 1. The standard InChI is InChI=1S/C14H30N2/c1-5-14-8-7-13(4)16(14)10-6-9-15-11-12(2)3/h12-15H,5-11H2,1-4H3. The van der Waals surface area contributed by atoms with Gasteiger partial charge in [-0.1, -0.05) is 20.8 Å². The summed E-state index contributed by atoms with van der Waals surface area (Å²) < 4.78 is 0. The molecule has 0 aromatic rings. The third-order valence-corrected chi connectivity index (χ3v) is 3.75. The first-order valence-electron chi connectivity index (χ1n) is 7.11. The summed E-state index contributed by atoms with van der Waals surface area (Å²) in [7, 11) is 0.